The van der Waals surface area contributed by atoms with Gasteiger partial charge in [0.15, 0.2) is 11.5 Å². The molecular weight excluding hydrogens is 286 g/mol. The van der Waals surface area contributed by atoms with E-state index in [4.69, 9.17) is 16.3 Å². The van der Waals surface area contributed by atoms with Gasteiger partial charge in [0, 0.05) is 13.1 Å². The van der Waals surface area contributed by atoms with Crippen LogP contribution in [0.25, 0.3) is 0 Å². The summed E-state index contributed by atoms with van der Waals surface area (Å²) in [5.41, 5.74) is 1.11. The zero-order valence-corrected chi connectivity index (χ0v) is 13.4. The largest absolute Gasteiger partial charge is 0.503 e. The van der Waals surface area contributed by atoms with Gasteiger partial charge in [0.05, 0.1) is 12.1 Å². The molecule has 1 heterocycles. The number of benzene rings is 1. The van der Waals surface area contributed by atoms with Gasteiger partial charge in [0.1, 0.15) is 0 Å². The monoisotopic (exact) mass is 309 g/mol. The summed E-state index contributed by atoms with van der Waals surface area (Å²) in [6.45, 7) is 3.26. The second-order valence-electron chi connectivity index (χ2n) is 6.46. The molecule has 0 spiro atoms. The van der Waals surface area contributed by atoms with Crippen molar-refractivity contribution in [2.75, 3.05) is 20.2 Å². The van der Waals surface area contributed by atoms with E-state index in [2.05, 4.69) is 4.90 Å². The molecule has 2 atom stereocenters. The van der Waals surface area contributed by atoms with E-state index >= 15 is 0 Å². The minimum Gasteiger partial charge on any atom is -0.503 e. The summed E-state index contributed by atoms with van der Waals surface area (Å²) in [6.07, 6.45) is 6.96. The van der Waals surface area contributed by atoms with E-state index in [-0.39, 0.29) is 5.75 Å². The number of aromatic hydroxyl groups is 1. The smallest absolute Gasteiger partial charge is 0.176 e. The van der Waals surface area contributed by atoms with Gasteiger partial charge >= 0.3 is 0 Å². The van der Waals surface area contributed by atoms with Crippen LogP contribution in [0.1, 0.15) is 37.7 Å². The molecule has 0 bridgehead atoms. The number of likely N-dealkylation sites (tertiary alicyclic amines) is 1. The van der Waals surface area contributed by atoms with Crippen molar-refractivity contribution in [1.29, 1.82) is 0 Å². The van der Waals surface area contributed by atoms with Crippen molar-refractivity contribution in [3.8, 4) is 11.5 Å². The first kappa shape index (κ1) is 15.0. The predicted molar refractivity (Wildman–Crippen MR) is 85.0 cm³/mol. The van der Waals surface area contributed by atoms with Crippen molar-refractivity contribution >= 4 is 11.6 Å². The fourth-order valence-electron chi connectivity index (χ4n) is 3.95. The van der Waals surface area contributed by atoms with E-state index in [0.717, 1.165) is 23.9 Å². The van der Waals surface area contributed by atoms with Crippen LogP contribution in [0.3, 0.4) is 0 Å². The fourth-order valence-corrected chi connectivity index (χ4v) is 4.19. The van der Waals surface area contributed by atoms with Gasteiger partial charge in [-0.05, 0) is 48.9 Å². The van der Waals surface area contributed by atoms with Crippen molar-refractivity contribution in [3.05, 3.63) is 22.7 Å². The van der Waals surface area contributed by atoms with Crippen molar-refractivity contribution < 1.29 is 9.84 Å². The van der Waals surface area contributed by atoms with Gasteiger partial charge in [0.2, 0.25) is 0 Å². The average molecular weight is 310 g/mol. The molecule has 0 aromatic heterocycles. The molecule has 1 aliphatic carbocycles. The molecular formula is C17H24ClNO2. The Kier molecular flexibility index (Phi) is 4.60. The number of halogens is 1. The van der Waals surface area contributed by atoms with Crippen molar-refractivity contribution in [2.24, 2.45) is 11.8 Å². The van der Waals surface area contributed by atoms with Crippen LogP contribution >= 0.6 is 11.6 Å². The Morgan fingerprint density at radius 2 is 2.00 bits per heavy atom. The summed E-state index contributed by atoms with van der Waals surface area (Å²) in [4.78, 5) is 2.52. The molecule has 1 aromatic carbocycles. The lowest BCUT2D eigenvalue weighted by Gasteiger charge is -2.41. The third-order valence-corrected chi connectivity index (χ3v) is 5.38. The fraction of sp³-hybridized carbons (Fsp3) is 0.647. The normalized spacial score (nSPS) is 26.4. The molecule has 4 heteroatoms. The van der Waals surface area contributed by atoms with Crippen LogP contribution in [0.5, 0.6) is 11.5 Å². The van der Waals surface area contributed by atoms with Gasteiger partial charge in [-0.3, -0.25) is 4.90 Å². The first-order chi connectivity index (χ1) is 10.2. The number of piperidine rings is 1. The molecule has 0 radical (unpaired) electrons. The lowest BCUT2D eigenvalue weighted by atomic mass is 9.75. The van der Waals surface area contributed by atoms with Gasteiger partial charge in [-0.2, -0.15) is 0 Å². The lowest BCUT2D eigenvalue weighted by molar-refractivity contribution is 0.0820. The Morgan fingerprint density at radius 1 is 1.24 bits per heavy atom. The summed E-state index contributed by atoms with van der Waals surface area (Å²) in [7, 11) is 1.56. The number of rotatable bonds is 3. The zero-order chi connectivity index (χ0) is 14.8. The molecule has 2 unspecified atom stereocenters. The second-order valence-corrected chi connectivity index (χ2v) is 6.86. The molecule has 3 nitrogen and oxygen atoms in total. The van der Waals surface area contributed by atoms with Gasteiger partial charge in [-0.15, -0.1) is 0 Å². The Morgan fingerprint density at radius 3 is 2.76 bits per heavy atom. The highest BCUT2D eigenvalue weighted by Gasteiger charge is 2.31. The highest BCUT2D eigenvalue weighted by atomic mass is 35.5. The van der Waals surface area contributed by atoms with E-state index in [0.29, 0.717) is 10.8 Å². The maximum Gasteiger partial charge on any atom is 0.176 e. The number of hydrogen-bond acceptors (Lipinski definition) is 3. The second kappa shape index (κ2) is 6.45. The van der Waals surface area contributed by atoms with Gasteiger partial charge < -0.3 is 9.84 Å². The lowest BCUT2D eigenvalue weighted by Crippen LogP contribution is -2.41. The van der Waals surface area contributed by atoms with E-state index in [1.54, 1.807) is 7.11 Å². The molecule has 116 valence electrons. The van der Waals surface area contributed by atoms with E-state index in [9.17, 15) is 5.11 Å². The molecule has 3 rings (SSSR count). The standard InChI is InChI=1S/C17H24ClNO2/c1-21-16-9-12(8-15(18)17(16)20)10-19-7-6-13-4-2-3-5-14(13)11-19/h8-9,13-14,20H,2-7,10-11H2,1H3. The highest BCUT2D eigenvalue weighted by Crippen LogP contribution is 2.38. The van der Waals surface area contributed by atoms with Crippen LogP contribution < -0.4 is 4.74 Å². The molecule has 2 aliphatic rings. The molecule has 1 saturated carbocycles. The summed E-state index contributed by atoms with van der Waals surface area (Å²) in [5, 5.41) is 10.2. The third-order valence-electron chi connectivity index (χ3n) is 5.09. The summed E-state index contributed by atoms with van der Waals surface area (Å²) in [5.74, 6) is 2.33. The van der Waals surface area contributed by atoms with E-state index < -0.39 is 0 Å². The Balaban J connectivity index is 1.68. The molecule has 1 saturated heterocycles. The van der Waals surface area contributed by atoms with Gasteiger partial charge in [-0.25, -0.2) is 0 Å². The van der Waals surface area contributed by atoms with E-state index in [1.165, 1.54) is 45.2 Å². The van der Waals surface area contributed by atoms with Crippen LogP contribution in [-0.4, -0.2) is 30.2 Å². The predicted octanol–water partition coefficient (Wildman–Crippen LogP) is 4.07. The summed E-state index contributed by atoms with van der Waals surface area (Å²) >= 11 is 6.08. The van der Waals surface area contributed by atoms with Crippen LogP contribution in [0.15, 0.2) is 12.1 Å². The highest BCUT2D eigenvalue weighted by molar-refractivity contribution is 6.32. The summed E-state index contributed by atoms with van der Waals surface area (Å²) < 4.78 is 5.19. The maximum atomic E-state index is 9.81. The summed E-state index contributed by atoms with van der Waals surface area (Å²) in [6, 6.07) is 3.75. The Hall–Kier alpha value is -0.930. The molecule has 1 aliphatic heterocycles. The van der Waals surface area contributed by atoms with Crippen molar-refractivity contribution in [2.45, 2.75) is 38.6 Å². The quantitative estimate of drug-likeness (QED) is 0.913. The first-order valence-electron chi connectivity index (χ1n) is 7.95. The number of ether oxygens (including phenoxy) is 1. The molecule has 1 N–H and O–H groups in total. The maximum absolute atomic E-state index is 9.81. The Labute approximate surface area is 131 Å². The Bertz CT molecular complexity index is 506. The number of phenols is 1. The third kappa shape index (κ3) is 3.29. The first-order valence-corrected chi connectivity index (χ1v) is 8.33. The van der Waals surface area contributed by atoms with Crippen LogP contribution in [0, 0.1) is 11.8 Å². The number of nitrogens with zero attached hydrogens (tertiary/aromatic N) is 1. The molecule has 1 aromatic rings. The minimum atomic E-state index is 0.0360. The number of hydrogen-bond donors (Lipinski definition) is 1. The zero-order valence-electron chi connectivity index (χ0n) is 12.6. The van der Waals surface area contributed by atoms with Crippen LogP contribution in [0.2, 0.25) is 5.02 Å². The SMILES string of the molecule is COc1cc(CN2CCC3CCCCC3C2)cc(Cl)c1O. The average Bonchev–Trinajstić information content (AvgIpc) is 2.50. The molecule has 21 heavy (non-hydrogen) atoms. The number of fused-ring (bicyclic) bond motifs is 1. The topological polar surface area (TPSA) is 32.7 Å². The number of methoxy groups -OCH3 is 1. The van der Waals surface area contributed by atoms with Crippen LogP contribution in [0.4, 0.5) is 0 Å². The van der Waals surface area contributed by atoms with Gasteiger partial charge in [0.25, 0.3) is 0 Å². The van der Waals surface area contributed by atoms with Crippen LogP contribution in [-0.2, 0) is 6.54 Å². The minimum absolute atomic E-state index is 0.0360. The van der Waals surface area contributed by atoms with Crippen molar-refractivity contribution in [3.63, 3.8) is 0 Å². The van der Waals surface area contributed by atoms with E-state index in [1.807, 2.05) is 12.1 Å². The van der Waals surface area contributed by atoms with Crippen molar-refractivity contribution in [1.82, 2.24) is 4.90 Å². The van der Waals surface area contributed by atoms with Gasteiger partial charge in [-0.1, -0.05) is 30.9 Å². The molecule has 2 fully saturated rings. The molecule has 0 amide bonds. The number of phenolic OH excluding ortho intramolecular Hbond substituents is 1.